The molecule has 1 atom stereocenters. The lowest BCUT2D eigenvalue weighted by Gasteiger charge is -2.38. The van der Waals surface area contributed by atoms with Crippen LogP contribution in [0.3, 0.4) is 0 Å². The molecular weight excluding hydrogens is 401 g/mol. The Hall–Kier alpha value is -3.03. The van der Waals surface area contributed by atoms with Gasteiger partial charge in [0.15, 0.2) is 0 Å². The van der Waals surface area contributed by atoms with Gasteiger partial charge in [-0.1, -0.05) is 36.4 Å². The first-order chi connectivity index (χ1) is 14.6. The standard InChI is InChI=1S/C23H22FN3O2S/c24-18-8-10-19(11-9-18)25-22(28)21(17-5-2-1-3-6-17)26-12-14-27(15-13-26)23(29)20-7-4-16-30-20/h1-11,16,21H,12-15H2,(H,25,28)/t21-/m1/s1. The van der Waals surface area contributed by atoms with Crippen LogP contribution in [0.2, 0.25) is 0 Å². The molecule has 5 nitrogen and oxygen atoms in total. The van der Waals surface area contributed by atoms with Crippen LogP contribution >= 0.6 is 11.3 Å². The van der Waals surface area contributed by atoms with Crippen LogP contribution in [0.15, 0.2) is 72.1 Å². The predicted molar refractivity (Wildman–Crippen MR) is 116 cm³/mol. The highest BCUT2D eigenvalue weighted by atomic mass is 32.1. The highest BCUT2D eigenvalue weighted by Crippen LogP contribution is 2.25. The van der Waals surface area contributed by atoms with Gasteiger partial charge in [0.25, 0.3) is 5.91 Å². The molecule has 0 saturated carbocycles. The fourth-order valence-corrected chi connectivity index (χ4v) is 4.34. The lowest BCUT2D eigenvalue weighted by molar-refractivity contribution is -0.122. The minimum atomic E-state index is -0.491. The van der Waals surface area contributed by atoms with Crippen LogP contribution < -0.4 is 5.32 Å². The molecule has 3 aromatic rings. The summed E-state index contributed by atoms with van der Waals surface area (Å²) in [6, 6.07) is 18.5. The highest BCUT2D eigenvalue weighted by molar-refractivity contribution is 7.12. The summed E-state index contributed by atoms with van der Waals surface area (Å²) in [6.07, 6.45) is 0. The topological polar surface area (TPSA) is 52.7 Å². The summed E-state index contributed by atoms with van der Waals surface area (Å²) in [7, 11) is 0. The van der Waals surface area contributed by atoms with E-state index in [2.05, 4.69) is 10.2 Å². The number of hydrogen-bond acceptors (Lipinski definition) is 4. The number of anilines is 1. The van der Waals surface area contributed by atoms with Crippen molar-refractivity contribution in [3.05, 3.63) is 88.4 Å². The van der Waals surface area contributed by atoms with Crippen LogP contribution in [0.5, 0.6) is 0 Å². The Morgan fingerprint density at radius 2 is 1.60 bits per heavy atom. The highest BCUT2D eigenvalue weighted by Gasteiger charge is 2.32. The number of nitrogens with zero attached hydrogens (tertiary/aromatic N) is 2. The summed E-state index contributed by atoms with van der Waals surface area (Å²) in [5.74, 6) is -0.485. The van der Waals surface area contributed by atoms with E-state index in [4.69, 9.17) is 0 Å². The molecule has 4 rings (SSSR count). The van der Waals surface area contributed by atoms with Crippen LogP contribution in [-0.4, -0.2) is 47.8 Å². The molecule has 1 aromatic heterocycles. The molecule has 0 spiro atoms. The van der Waals surface area contributed by atoms with Gasteiger partial charge in [-0.15, -0.1) is 11.3 Å². The lowest BCUT2D eigenvalue weighted by atomic mass is 10.0. The zero-order valence-electron chi connectivity index (χ0n) is 16.3. The normalized spacial score (nSPS) is 15.6. The average molecular weight is 424 g/mol. The third kappa shape index (κ3) is 4.58. The molecule has 2 aromatic carbocycles. The molecule has 1 aliphatic rings. The largest absolute Gasteiger partial charge is 0.335 e. The summed E-state index contributed by atoms with van der Waals surface area (Å²) >= 11 is 1.44. The van der Waals surface area contributed by atoms with Crippen molar-refractivity contribution in [3.63, 3.8) is 0 Å². The molecule has 0 aliphatic carbocycles. The molecule has 0 radical (unpaired) electrons. The molecule has 1 N–H and O–H groups in total. The number of carbonyl (C=O) groups excluding carboxylic acids is 2. The molecule has 30 heavy (non-hydrogen) atoms. The van der Waals surface area contributed by atoms with Gasteiger partial charge in [0.05, 0.1) is 4.88 Å². The molecule has 7 heteroatoms. The number of piperazine rings is 1. The first kappa shape index (κ1) is 20.3. The van der Waals surface area contributed by atoms with E-state index in [1.54, 1.807) is 12.1 Å². The number of hydrogen-bond donors (Lipinski definition) is 1. The number of thiophene rings is 1. The molecule has 154 valence electrons. The van der Waals surface area contributed by atoms with E-state index >= 15 is 0 Å². The Balaban J connectivity index is 1.49. The molecule has 0 bridgehead atoms. The van der Waals surface area contributed by atoms with E-state index in [0.29, 0.717) is 31.9 Å². The maximum Gasteiger partial charge on any atom is 0.264 e. The van der Waals surface area contributed by atoms with E-state index < -0.39 is 6.04 Å². The molecular formula is C23H22FN3O2S. The minimum absolute atomic E-state index is 0.0386. The van der Waals surface area contributed by atoms with Crippen molar-refractivity contribution in [1.29, 1.82) is 0 Å². The molecule has 2 amide bonds. The Morgan fingerprint density at radius 3 is 2.23 bits per heavy atom. The van der Waals surface area contributed by atoms with Crippen LogP contribution in [0.1, 0.15) is 21.3 Å². The monoisotopic (exact) mass is 423 g/mol. The molecule has 1 saturated heterocycles. The first-order valence-corrected chi connectivity index (χ1v) is 10.7. The number of halogens is 1. The summed E-state index contributed by atoms with van der Waals surface area (Å²) in [6.45, 7) is 2.30. The van der Waals surface area contributed by atoms with E-state index in [1.165, 1.54) is 23.5 Å². The van der Waals surface area contributed by atoms with Crippen LogP contribution in [0.4, 0.5) is 10.1 Å². The van der Waals surface area contributed by atoms with Crippen molar-refractivity contribution >= 4 is 28.8 Å². The van der Waals surface area contributed by atoms with Gasteiger partial charge in [0.2, 0.25) is 5.91 Å². The number of carbonyl (C=O) groups is 2. The van der Waals surface area contributed by atoms with Crippen LogP contribution in [0.25, 0.3) is 0 Å². The van der Waals surface area contributed by atoms with Gasteiger partial charge >= 0.3 is 0 Å². The zero-order valence-corrected chi connectivity index (χ0v) is 17.1. The van der Waals surface area contributed by atoms with Gasteiger partial charge in [0.1, 0.15) is 11.9 Å². The Labute approximate surface area is 178 Å². The lowest BCUT2D eigenvalue weighted by Crippen LogP contribution is -2.51. The van der Waals surface area contributed by atoms with Crippen LogP contribution in [0, 0.1) is 5.82 Å². The number of amides is 2. The third-order valence-electron chi connectivity index (χ3n) is 5.17. The van der Waals surface area contributed by atoms with Gasteiger partial charge in [-0.3, -0.25) is 14.5 Å². The molecule has 1 fully saturated rings. The number of benzene rings is 2. The fourth-order valence-electron chi connectivity index (χ4n) is 3.65. The van der Waals surface area contributed by atoms with Gasteiger partial charge in [-0.05, 0) is 41.3 Å². The van der Waals surface area contributed by atoms with Gasteiger partial charge < -0.3 is 10.2 Å². The SMILES string of the molecule is O=C(Nc1ccc(F)cc1)[C@@H](c1ccccc1)N1CCN(C(=O)c2cccs2)CC1. The van der Waals surface area contributed by atoms with Gasteiger partial charge in [-0.25, -0.2) is 4.39 Å². The third-order valence-corrected chi connectivity index (χ3v) is 6.03. The fraction of sp³-hybridized carbons (Fsp3) is 0.217. The second-order valence-corrected chi connectivity index (χ2v) is 8.06. The Morgan fingerprint density at radius 1 is 0.900 bits per heavy atom. The maximum atomic E-state index is 13.2. The summed E-state index contributed by atoms with van der Waals surface area (Å²) in [5.41, 5.74) is 1.43. The van der Waals surface area contributed by atoms with Crippen molar-refractivity contribution in [2.75, 3.05) is 31.5 Å². The maximum absolute atomic E-state index is 13.2. The van der Waals surface area contributed by atoms with Gasteiger partial charge in [-0.2, -0.15) is 0 Å². The van der Waals surface area contributed by atoms with Crippen molar-refractivity contribution < 1.29 is 14.0 Å². The first-order valence-electron chi connectivity index (χ1n) is 9.80. The number of nitrogens with one attached hydrogen (secondary N) is 1. The summed E-state index contributed by atoms with van der Waals surface area (Å²) < 4.78 is 13.2. The van der Waals surface area contributed by atoms with E-state index in [1.807, 2.05) is 52.7 Å². The average Bonchev–Trinajstić information content (AvgIpc) is 3.31. The molecule has 1 aliphatic heterocycles. The Kier molecular flexibility index (Phi) is 6.21. The van der Waals surface area contributed by atoms with E-state index in [-0.39, 0.29) is 17.6 Å². The summed E-state index contributed by atoms with van der Waals surface area (Å²) in [4.78, 5) is 30.5. The van der Waals surface area contributed by atoms with Crippen molar-refractivity contribution in [1.82, 2.24) is 9.80 Å². The van der Waals surface area contributed by atoms with E-state index in [0.717, 1.165) is 10.4 Å². The second kappa shape index (κ2) is 9.19. The summed E-state index contributed by atoms with van der Waals surface area (Å²) in [5, 5.41) is 4.79. The molecule has 0 unspecified atom stereocenters. The molecule has 2 heterocycles. The minimum Gasteiger partial charge on any atom is -0.335 e. The number of rotatable bonds is 5. The van der Waals surface area contributed by atoms with Crippen molar-refractivity contribution in [2.24, 2.45) is 0 Å². The van der Waals surface area contributed by atoms with Gasteiger partial charge in [0, 0.05) is 31.9 Å². The predicted octanol–water partition coefficient (Wildman–Crippen LogP) is 4.03. The van der Waals surface area contributed by atoms with Crippen LogP contribution in [-0.2, 0) is 4.79 Å². The smallest absolute Gasteiger partial charge is 0.264 e. The van der Waals surface area contributed by atoms with E-state index in [9.17, 15) is 14.0 Å². The van der Waals surface area contributed by atoms with Crippen molar-refractivity contribution in [3.8, 4) is 0 Å². The zero-order chi connectivity index (χ0) is 20.9. The quantitative estimate of drug-likeness (QED) is 0.674. The Bertz CT molecular complexity index is 985. The second-order valence-electron chi connectivity index (χ2n) is 7.11. The van der Waals surface area contributed by atoms with Crippen molar-refractivity contribution in [2.45, 2.75) is 6.04 Å².